The predicted octanol–water partition coefficient (Wildman–Crippen LogP) is 0.625. The number of rotatable bonds is 3. The molecule has 2 fully saturated rings. The van der Waals surface area contributed by atoms with Gasteiger partial charge in [0.05, 0.1) is 39.0 Å². The Morgan fingerprint density at radius 1 is 1.26 bits per heavy atom. The highest BCUT2D eigenvalue weighted by molar-refractivity contribution is 5.85. The van der Waals surface area contributed by atoms with Crippen LogP contribution in [0.3, 0.4) is 0 Å². The van der Waals surface area contributed by atoms with Crippen LogP contribution in [0.4, 0.5) is 0 Å². The van der Waals surface area contributed by atoms with Crippen molar-refractivity contribution in [3.05, 3.63) is 23.3 Å². The summed E-state index contributed by atoms with van der Waals surface area (Å²) in [5.74, 6) is 1.44. The largest absolute Gasteiger partial charge is 0.493 e. The van der Waals surface area contributed by atoms with Crippen LogP contribution in [0.25, 0.3) is 0 Å². The number of methoxy groups -OCH3 is 2. The second kappa shape index (κ2) is 5.39. The van der Waals surface area contributed by atoms with Crippen LogP contribution in [-0.2, 0) is 11.2 Å². The fourth-order valence-electron chi connectivity index (χ4n) is 4.42. The molecule has 0 saturated carbocycles. The molecular weight excluding hydrogens is 296 g/mol. The zero-order valence-electron chi connectivity index (χ0n) is 13.4. The van der Waals surface area contributed by atoms with Gasteiger partial charge >= 0.3 is 0 Å². The summed E-state index contributed by atoms with van der Waals surface area (Å²) < 4.78 is 10.8. The lowest BCUT2D eigenvalue weighted by molar-refractivity contribution is -0.144. The zero-order chi connectivity index (χ0) is 16.1. The average Bonchev–Trinajstić information content (AvgIpc) is 3.03. The summed E-state index contributed by atoms with van der Waals surface area (Å²) in [7, 11) is 3.22. The zero-order valence-corrected chi connectivity index (χ0v) is 13.4. The number of nitrogens with zero attached hydrogens (tertiary/aromatic N) is 1. The number of benzene rings is 1. The minimum atomic E-state index is -0.304. The smallest absolute Gasteiger partial charge is 0.240 e. The van der Waals surface area contributed by atoms with Crippen molar-refractivity contribution in [1.82, 2.24) is 10.2 Å². The molecule has 0 spiro atoms. The Hall–Kier alpha value is -1.79. The summed E-state index contributed by atoms with van der Waals surface area (Å²) in [5.41, 5.74) is 2.10. The van der Waals surface area contributed by atoms with Crippen molar-refractivity contribution >= 4 is 5.91 Å². The van der Waals surface area contributed by atoms with Crippen LogP contribution in [0.5, 0.6) is 11.5 Å². The molecule has 1 amide bonds. The highest BCUT2D eigenvalue weighted by atomic mass is 16.5. The number of aliphatic hydroxyl groups is 1. The molecule has 2 bridgehead atoms. The van der Waals surface area contributed by atoms with Crippen LogP contribution in [0.15, 0.2) is 12.1 Å². The topological polar surface area (TPSA) is 71.0 Å². The van der Waals surface area contributed by atoms with Gasteiger partial charge in [0.25, 0.3) is 0 Å². The maximum absolute atomic E-state index is 12.8. The lowest BCUT2D eigenvalue weighted by atomic mass is 9.84. The quantitative estimate of drug-likeness (QED) is 0.855. The first-order valence-corrected chi connectivity index (χ1v) is 8.11. The Morgan fingerprint density at radius 3 is 2.70 bits per heavy atom. The fourth-order valence-corrected chi connectivity index (χ4v) is 4.42. The third-order valence-electron chi connectivity index (χ3n) is 5.50. The molecule has 6 nitrogen and oxygen atoms in total. The molecule has 1 aromatic carbocycles. The van der Waals surface area contributed by atoms with Gasteiger partial charge in [-0.1, -0.05) is 0 Å². The molecule has 2 N–H and O–H groups in total. The number of piperazine rings is 1. The molecule has 23 heavy (non-hydrogen) atoms. The van der Waals surface area contributed by atoms with E-state index >= 15 is 0 Å². The minimum Gasteiger partial charge on any atom is -0.493 e. The number of fused-ring (bicyclic) bond motifs is 5. The van der Waals surface area contributed by atoms with Gasteiger partial charge in [-0.05, 0) is 42.5 Å². The molecule has 0 aliphatic carbocycles. The van der Waals surface area contributed by atoms with Gasteiger partial charge in [0, 0.05) is 6.04 Å². The SMILES string of the molecule is COc1cc2c(cc1OC)[C@H](CO)N1C(=O)[C@@H]3CC[C@@H](N3)[C@@H]1C2. The van der Waals surface area contributed by atoms with Crippen LogP contribution >= 0.6 is 0 Å². The van der Waals surface area contributed by atoms with Crippen molar-refractivity contribution in [3.63, 3.8) is 0 Å². The lowest BCUT2D eigenvalue weighted by Gasteiger charge is -2.48. The van der Waals surface area contributed by atoms with Crippen molar-refractivity contribution in [1.29, 1.82) is 0 Å². The van der Waals surface area contributed by atoms with Crippen molar-refractivity contribution in [3.8, 4) is 11.5 Å². The normalized spacial score (nSPS) is 31.6. The molecule has 3 aliphatic rings. The van der Waals surface area contributed by atoms with E-state index in [0.29, 0.717) is 17.5 Å². The first-order valence-electron chi connectivity index (χ1n) is 8.11. The summed E-state index contributed by atoms with van der Waals surface area (Å²) in [5, 5.41) is 13.4. The Bertz CT molecular complexity index is 648. The van der Waals surface area contributed by atoms with Crippen LogP contribution in [-0.4, -0.2) is 54.9 Å². The van der Waals surface area contributed by atoms with E-state index in [9.17, 15) is 9.90 Å². The molecule has 3 heterocycles. The average molecular weight is 318 g/mol. The summed E-state index contributed by atoms with van der Waals surface area (Å²) in [6.07, 6.45) is 2.68. The van der Waals surface area contributed by atoms with E-state index in [1.807, 2.05) is 17.0 Å². The van der Waals surface area contributed by atoms with Gasteiger partial charge in [0.15, 0.2) is 11.5 Å². The Kier molecular flexibility index (Phi) is 3.46. The molecule has 3 aliphatic heterocycles. The highest BCUT2D eigenvalue weighted by Crippen LogP contribution is 2.43. The summed E-state index contributed by atoms with van der Waals surface area (Å²) in [4.78, 5) is 14.7. The van der Waals surface area contributed by atoms with Gasteiger partial charge in [-0.25, -0.2) is 0 Å². The Morgan fingerprint density at radius 2 is 2.00 bits per heavy atom. The molecule has 124 valence electrons. The van der Waals surface area contributed by atoms with E-state index < -0.39 is 0 Å². The van der Waals surface area contributed by atoms with E-state index in [-0.39, 0.29) is 30.6 Å². The van der Waals surface area contributed by atoms with Crippen molar-refractivity contribution in [2.24, 2.45) is 0 Å². The van der Waals surface area contributed by atoms with Crippen LogP contribution in [0.2, 0.25) is 0 Å². The van der Waals surface area contributed by atoms with Gasteiger partial charge in [-0.2, -0.15) is 0 Å². The summed E-state index contributed by atoms with van der Waals surface area (Å²) >= 11 is 0. The van der Waals surface area contributed by atoms with Crippen molar-refractivity contribution in [2.45, 2.75) is 43.4 Å². The van der Waals surface area contributed by atoms with E-state index in [1.54, 1.807) is 14.2 Å². The number of carbonyl (C=O) groups excluding carboxylic acids is 1. The Labute approximate surface area is 135 Å². The molecule has 4 rings (SSSR count). The first kappa shape index (κ1) is 14.8. The number of hydrogen-bond acceptors (Lipinski definition) is 5. The molecule has 4 atom stereocenters. The van der Waals surface area contributed by atoms with Crippen molar-refractivity contribution < 1.29 is 19.4 Å². The van der Waals surface area contributed by atoms with E-state index in [4.69, 9.17) is 9.47 Å². The van der Waals surface area contributed by atoms with E-state index in [1.165, 1.54) is 0 Å². The third kappa shape index (κ3) is 2.05. The maximum atomic E-state index is 12.8. The van der Waals surface area contributed by atoms with Crippen molar-refractivity contribution in [2.75, 3.05) is 20.8 Å². The molecule has 2 saturated heterocycles. The highest BCUT2D eigenvalue weighted by Gasteiger charge is 2.50. The first-order chi connectivity index (χ1) is 11.2. The third-order valence-corrected chi connectivity index (χ3v) is 5.50. The number of aliphatic hydroxyl groups excluding tert-OH is 1. The summed E-state index contributed by atoms with van der Waals surface area (Å²) in [6.45, 7) is -0.0792. The van der Waals surface area contributed by atoms with Crippen LogP contribution < -0.4 is 14.8 Å². The standard InChI is InChI=1S/C17H22N2O4/c1-22-15-6-9-5-13-11-3-4-12(18-11)17(21)19(13)14(8-20)10(9)7-16(15)23-2/h6-7,11-14,18,20H,3-5,8H2,1-2H3/t11-,12+,13+,14+/m1/s1. The number of ether oxygens (including phenoxy) is 2. The number of amides is 1. The lowest BCUT2D eigenvalue weighted by Crippen LogP contribution is -2.64. The molecule has 0 radical (unpaired) electrons. The number of carbonyl (C=O) groups is 1. The predicted molar refractivity (Wildman–Crippen MR) is 83.7 cm³/mol. The molecule has 6 heteroatoms. The fraction of sp³-hybridized carbons (Fsp3) is 0.588. The minimum absolute atomic E-state index is 0.0792. The van der Waals surface area contributed by atoms with Gasteiger partial charge < -0.3 is 24.8 Å². The number of nitrogens with one attached hydrogen (secondary N) is 1. The second-order valence-corrected chi connectivity index (χ2v) is 6.52. The van der Waals surface area contributed by atoms with Crippen LogP contribution in [0, 0.1) is 0 Å². The monoisotopic (exact) mass is 318 g/mol. The van der Waals surface area contributed by atoms with Gasteiger partial charge in [-0.3, -0.25) is 4.79 Å². The van der Waals surface area contributed by atoms with E-state index in [2.05, 4.69) is 5.32 Å². The number of hydrogen-bond donors (Lipinski definition) is 2. The van der Waals surface area contributed by atoms with Crippen LogP contribution in [0.1, 0.15) is 30.0 Å². The molecule has 1 aromatic rings. The maximum Gasteiger partial charge on any atom is 0.240 e. The molecular formula is C17H22N2O4. The van der Waals surface area contributed by atoms with Gasteiger partial charge in [0.1, 0.15) is 0 Å². The molecule has 0 aromatic heterocycles. The van der Waals surface area contributed by atoms with E-state index in [0.717, 1.165) is 30.4 Å². The Balaban J connectivity index is 1.82. The van der Waals surface area contributed by atoms with Gasteiger partial charge in [0.2, 0.25) is 5.91 Å². The summed E-state index contributed by atoms with van der Waals surface area (Å²) in [6, 6.07) is 3.91. The second-order valence-electron chi connectivity index (χ2n) is 6.52. The molecule has 0 unspecified atom stereocenters. The van der Waals surface area contributed by atoms with Gasteiger partial charge in [-0.15, -0.1) is 0 Å².